The Morgan fingerprint density at radius 2 is 1.50 bits per heavy atom. The maximum atomic E-state index is 6.27. The van der Waals surface area contributed by atoms with E-state index in [9.17, 15) is 0 Å². The molecule has 0 spiro atoms. The minimum Gasteiger partial charge on any atom is -0.494 e. The van der Waals surface area contributed by atoms with Crippen molar-refractivity contribution in [2.75, 3.05) is 6.61 Å². The van der Waals surface area contributed by atoms with Crippen LogP contribution < -0.4 is 9.47 Å². The van der Waals surface area contributed by atoms with E-state index in [-0.39, 0.29) is 0 Å². The first kappa shape index (κ1) is 26.5. The number of imidazole rings is 1. The summed E-state index contributed by atoms with van der Waals surface area (Å²) in [6.07, 6.45) is 1.72. The highest BCUT2D eigenvalue weighted by atomic mass is 16.5. The first-order valence-corrected chi connectivity index (χ1v) is 12.9. The number of H-pyrrole nitrogens is 1. The van der Waals surface area contributed by atoms with E-state index in [4.69, 9.17) is 19.2 Å². The van der Waals surface area contributed by atoms with E-state index in [1.807, 2.05) is 106 Å². The molecule has 6 nitrogen and oxygen atoms in total. The molecule has 5 rings (SSSR count). The largest absolute Gasteiger partial charge is 0.494 e. The highest BCUT2D eigenvalue weighted by Crippen LogP contribution is 2.34. The Morgan fingerprint density at radius 3 is 2.16 bits per heavy atom. The van der Waals surface area contributed by atoms with Crippen molar-refractivity contribution in [3.05, 3.63) is 114 Å². The van der Waals surface area contributed by atoms with E-state index in [2.05, 4.69) is 16.5 Å². The minimum absolute atomic E-state index is 0.423. The van der Waals surface area contributed by atoms with E-state index in [1.54, 1.807) is 6.20 Å². The van der Waals surface area contributed by atoms with Gasteiger partial charge in [0.1, 0.15) is 36.3 Å². The average molecular weight is 508 g/mol. The van der Waals surface area contributed by atoms with Gasteiger partial charge in [-0.15, -0.1) is 0 Å². The molecule has 0 saturated carbocycles. The summed E-state index contributed by atoms with van der Waals surface area (Å²) < 4.78 is 17.8. The van der Waals surface area contributed by atoms with Crippen molar-refractivity contribution in [2.24, 2.45) is 0 Å². The molecule has 194 valence electrons. The molecule has 0 bridgehead atoms. The summed E-state index contributed by atoms with van der Waals surface area (Å²) in [7, 11) is 0. The van der Waals surface area contributed by atoms with Gasteiger partial charge in [0.25, 0.3) is 0 Å². The SMILES string of the molecule is C=C(OCC)c1cnc2nc(-c3ccc(OCc4ccccc4)cc3OCc3ccccc3)[nH]c2c1.CC. The molecule has 6 heteroatoms. The zero-order valence-electron chi connectivity index (χ0n) is 22.1. The number of pyridine rings is 1. The summed E-state index contributed by atoms with van der Waals surface area (Å²) in [5, 5.41) is 0. The fraction of sp³-hybridized carbons (Fsp3) is 0.188. The molecule has 0 radical (unpaired) electrons. The van der Waals surface area contributed by atoms with Gasteiger partial charge in [-0.1, -0.05) is 81.1 Å². The molecule has 0 saturated heterocycles. The lowest BCUT2D eigenvalue weighted by Gasteiger charge is -2.13. The van der Waals surface area contributed by atoms with Crippen LogP contribution in [0, 0.1) is 0 Å². The lowest BCUT2D eigenvalue weighted by molar-refractivity contribution is 0.290. The summed E-state index contributed by atoms with van der Waals surface area (Å²) in [6, 6.07) is 27.9. The van der Waals surface area contributed by atoms with Gasteiger partial charge in [0, 0.05) is 17.8 Å². The van der Waals surface area contributed by atoms with Crippen molar-refractivity contribution in [3.63, 3.8) is 0 Å². The van der Waals surface area contributed by atoms with Gasteiger partial charge in [-0.25, -0.2) is 9.97 Å². The molecule has 5 aromatic rings. The molecule has 2 heterocycles. The maximum absolute atomic E-state index is 6.27. The van der Waals surface area contributed by atoms with Crippen LogP contribution in [0.25, 0.3) is 28.3 Å². The summed E-state index contributed by atoms with van der Waals surface area (Å²) in [4.78, 5) is 12.6. The van der Waals surface area contributed by atoms with Gasteiger partial charge < -0.3 is 19.2 Å². The van der Waals surface area contributed by atoms with Gasteiger partial charge in [-0.05, 0) is 36.2 Å². The number of aromatic amines is 1. The molecule has 0 aliphatic heterocycles. The van der Waals surface area contributed by atoms with Crippen molar-refractivity contribution in [1.82, 2.24) is 15.0 Å². The predicted molar refractivity (Wildman–Crippen MR) is 153 cm³/mol. The van der Waals surface area contributed by atoms with Crippen LogP contribution in [0.2, 0.25) is 0 Å². The topological polar surface area (TPSA) is 69.3 Å². The van der Waals surface area contributed by atoms with Crippen molar-refractivity contribution >= 4 is 16.9 Å². The summed E-state index contributed by atoms with van der Waals surface area (Å²) in [6.45, 7) is 11.3. The van der Waals surface area contributed by atoms with Crippen LogP contribution in [0.4, 0.5) is 0 Å². The van der Waals surface area contributed by atoms with Crippen molar-refractivity contribution < 1.29 is 14.2 Å². The number of hydrogen-bond donors (Lipinski definition) is 1. The molecular formula is C32H33N3O3. The fourth-order valence-corrected chi connectivity index (χ4v) is 3.82. The van der Waals surface area contributed by atoms with Crippen LogP contribution in [-0.4, -0.2) is 21.6 Å². The second-order valence-corrected chi connectivity index (χ2v) is 8.24. The number of aromatic nitrogens is 3. The van der Waals surface area contributed by atoms with Crippen molar-refractivity contribution in [2.45, 2.75) is 34.0 Å². The Morgan fingerprint density at radius 1 is 0.842 bits per heavy atom. The van der Waals surface area contributed by atoms with Crippen LogP contribution in [-0.2, 0) is 18.0 Å². The Bertz CT molecular complexity index is 1460. The summed E-state index contributed by atoms with van der Waals surface area (Å²) >= 11 is 0. The van der Waals surface area contributed by atoms with E-state index in [0.717, 1.165) is 33.5 Å². The molecule has 0 atom stereocenters. The van der Waals surface area contributed by atoms with Gasteiger partial charge in [0.05, 0.1) is 17.7 Å². The van der Waals surface area contributed by atoms with Gasteiger partial charge in [0.15, 0.2) is 5.65 Å². The lowest BCUT2D eigenvalue weighted by atomic mass is 10.1. The fourth-order valence-electron chi connectivity index (χ4n) is 3.82. The van der Waals surface area contributed by atoms with E-state index >= 15 is 0 Å². The number of nitrogens with one attached hydrogen (secondary N) is 1. The Balaban J connectivity index is 0.00000164. The molecule has 2 aromatic heterocycles. The number of ether oxygens (including phenoxy) is 3. The van der Waals surface area contributed by atoms with Crippen LogP contribution in [0.3, 0.4) is 0 Å². The molecular weight excluding hydrogens is 474 g/mol. The third-order valence-electron chi connectivity index (χ3n) is 5.67. The molecule has 0 aliphatic carbocycles. The first-order chi connectivity index (χ1) is 18.7. The third kappa shape index (κ3) is 6.59. The standard InChI is InChI=1S/C30H27N3O3.C2H6/c1-3-34-21(2)24-16-27-30(31-18-24)33-29(32-27)26-15-14-25(35-19-22-10-6-4-7-11-22)17-28(26)36-20-23-12-8-5-9-13-23;1-2/h4-18H,2-3,19-20H2,1H3,(H,31,32,33);1-2H3. The molecule has 0 fully saturated rings. The van der Waals surface area contributed by atoms with Gasteiger partial charge in [-0.2, -0.15) is 0 Å². The van der Waals surface area contributed by atoms with Crippen molar-refractivity contribution in [3.8, 4) is 22.9 Å². The van der Waals surface area contributed by atoms with E-state index in [0.29, 0.717) is 42.8 Å². The Hall–Kier alpha value is -4.58. The van der Waals surface area contributed by atoms with E-state index in [1.165, 1.54) is 0 Å². The predicted octanol–water partition coefficient (Wildman–Crippen LogP) is 7.82. The first-order valence-electron chi connectivity index (χ1n) is 12.9. The van der Waals surface area contributed by atoms with Crippen LogP contribution >= 0.6 is 0 Å². The summed E-state index contributed by atoms with van der Waals surface area (Å²) in [5.74, 6) is 2.63. The molecule has 0 aliphatic rings. The number of benzene rings is 3. The third-order valence-corrected chi connectivity index (χ3v) is 5.67. The monoisotopic (exact) mass is 507 g/mol. The Labute approximate surface area is 224 Å². The maximum Gasteiger partial charge on any atom is 0.178 e. The average Bonchev–Trinajstić information content (AvgIpc) is 3.40. The van der Waals surface area contributed by atoms with Gasteiger partial charge in [-0.3, -0.25) is 0 Å². The smallest absolute Gasteiger partial charge is 0.178 e. The van der Waals surface area contributed by atoms with Gasteiger partial charge in [0.2, 0.25) is 0 Å². The van der Waals surface area contributed by atoms with Crippen LogP contribution in [0.15, 0.2) is 97.7 Å². The number of fused-ring (bicyclic) bond motifs is 1. The highest BCUT2D eigenvalue weighted by Gasteiger charge is 2.15. The summed E-state index contributed by atoms with van der Waals surface area (Å²) in [5.41, 5.74) is 5.20. The molecule has 3 aromatic carbocycles. The zero-order chi connectivity index (χ0) is 26.7. The number of hydrogen-bond acceptors (Lipinski definition) is 5. The molecule has 0 unspecified atom stereocenters. The molecule has 1 N–H and O–H groups in total. The number of nitrogens with zero attached hydrogens (tertiary/aromatic N) is 2. The van der Waals surface area contributed by atoms with Crippen LogP contribution in [0.5, 0.6) is 11.5 Å². The highest BCUT2D eigenvalue weighted by molar-refractivity contribution is 5.80. The lowest BCUT2D eigenvalue weighted by Crippen LogP contribution is -2.00. The van der Waals surface area contributed by atoms with Gasteiger partial charge >= 0.3 is 0 Å². The Kier molecular flexibility index (Phi) is 9.13. The van der Waals surface area contributed by atoms with E-state index < -0.39 is 0 Å². The second-order valence-electron chi connectivity index (χ2n) is 8.24. The number of rotatable bonds is 10. The van der Waals surface area contributed by atoms with Crippen LogP contribution in [0.1, 0.15) is 37.5 Å². The van der Waals surface area contributed by atoms with Crippen molar-refractivity contribution in [1.29, 1.82) is 0 Å². The minimum atomic E-state index is 0.423. The molecule has 0 amide bonds. The molecule has 38 heavy (non-hydrogen) atoms. The zero-order valence-corrected chi connectivity index (χ0v) is 22.1. The quantitative estimate of drug-likeness (QED) is 0.195. The normalized spacial score (nSPS) is 10.4. The second kappa shape index (κ2) is 13.1.